The largest absolute Gasteiger partial charge is 0.480 e. The normalized spacial score (nSPS) is 20.4. The molecule has 40 heavy (non-hydrogen) atoms. The maximum absolute atomic E-state index is 13.7. The van der Waals surface area contributed by atoms with Gasteiger partial charge in [-0.05, 0) is 55.7 Å². The molecule has 10 heteroatoms. The number of amides is 3. The molecule has 3 amide bonds. The molecule has 2 aromatic rings. The molecule has 1 aliphatic carbocycles. The van der Waals surface area contributed by atoms with Crippen LogP contribution >= 0.6 is 0 Å². The van der Waals surface area contributed by atoms with Gasteiger partial charge in [-0.3, -0.25) is 14.4 Å². The number of carbonyl (C=O) groups excluding carboxylic acids is 3. The highest BCUT2D eigenvalue weighted by atomic mass is 16.4. The Morgan fingerprint density at radius 3 is 2.33 bits per heavy atom. The molecule has 0 radical (unpaired) electrons. The number of aliphatic carboxylic acids is 1. The van der Waals surface area contributed by atoms with E-state index in [1.54, 1.807) is 13.8 Å². The Morgan fingerprint density at radius 1 is 0.925 bits per heavy atom. The zero-order chi connectivity index (χ0) is 28.6. The minimum atomic E-state index is -1.06. The van der Waals surface area contributed by atoms with Crippen LogP contribution in [0.3, 0.4) is 0 Å². The van der Waals surface area contributed by atoms with Crippen LogP contribution in [-0.2, 0) is 25.6 Å². The summed E-state index contributed by atoms with van der Waals surface area (Å²) in [5.74, 6) is -2.72. The first-order valence-electron chi connectivity index (χ1n) is 14.7. The lowest BCUT2D eigenvalue weighted by atomic mass is 9.83. The average Bonchev–Trinajstić information content (AvgIpc) is 3.37. The molecule has 1 aliphatic heterocycles. The second-order valence-corrected chi connectivity index (χ2v) is 11.6. The Morgan fingerprint density at radius 2 is 1.65 bits per heavy atom. The van der Waals surface area contributed by atoms with E-state index in [0.717, 1.165) is 68.0 Å². The lowest BCUT2D eigenvalue weighted by molar-refractivity contribution is -0.144. The summed E-state index contributed by atoms with van der Waals surface area (Å²) in [7, 11) is 0. The maximum atomic E-state index is 13.7. The van der Waals surface area contributed by atoms with Crippen molar-refractivity contribution in [1.29, 1.82) is 0 Å². The van der Waals surface area contributed by atoms with Gasteiger partial charge in [0.2, 0.25) is 17.7 Å². The molecule has 218 valence electrons. The summed E-state index contributed by atoms with van der Waals surface area (Å²) in [6, 6.07) is 4.51. The van der Waals surface area contributed by atoms with E-state index >= 15 is 0 Å². The van der Waals surface area contributed by atoms with Crippen LogP contribution in [0.4, 0.5) is 0 Å². The summed E-state index contributed by atoms with van der Waals surface area (Å²) < 4.78 is 0. The van der Waals surface area contributed by atoms with Crippen molar-refractivity contribution in [2.24, 2.45) is 11.8 Å². The monoisotopic (exact) mass is 553 g/mol. The van der Waals surface area contributed by atoms with Gasteiger partial charge in [0.25, 0.3) is 0 Å². The molecule has 4 atom stereocenters. The SMILES string of the molecule is CC(C)[C@H](NC(=O)[C@H](Cc1c[nH]c2ccccc12)NC(=O)[C@@H]1CCCCN1)C(=O)N[C@H](C(=O)O)C1CCCCC1. The van der Waals surface area contributed by atoms with E-state index in [1.165, 1.54) is 0 Å². The number of carbonyl (C=O) groups is 4. The van der Waals surface area contributed by atoms with Gasteiger partial charge in [-0.1, -0.05) is 57.7 Å². The number of piperidine rings is 1. The molecule has 1 saturated heterocycles. The van der Waals surface area contributed by atoms with Crippen molar-refractivity contribution in [2.45, 2.75) is 95.8 Å². The van der Waals surface area contributed by atoms with Gasteiger partial charge in [0.05, 0.1) is 6.04 Å². The third-order valence-electron chi connectivity index (χ3n) is 8.29. The summed E-state index contributed by atoms with van der Waals surface area (Å²) >= 11 is 0. The fourth-order valence-corrected chi connectivity index (χ4v) is 5.96. The van der Waals surface area contributed by atoms with Crippen molar-refractivity contribution in [3.8, 4) is 0 Å². The van der Waals surface area contributed by atoms with Crippen molar-refractivity contribution in [2.75, 3.05) is 6.54 Å². The number of carboxylic acids is 1. The first-order chi connectivity index (χ1) is 19.2. The fraction of sp³-hybridized carbons (Fsp3) is 0.600. The van der Waals surface area contributed by atoms with Gasteiger partial charge in [0.15, 0.2) is 0 Å². The van der Waals surface area contributed by atoms with Gasteiger partial charge in [0.1, 0.15) is 18.1 Å². The van der Waals surface area contributed by atoms with Crippen molar-refractivity contribution in [3.63, 3.8) is 0 Å². The molecular formula is C30H43N5O5. The smallest absolute Gasteiger partial charge is 0.326 e. The van der Waals surface area contributed by atoms with Crippen molar-refractivity contribution in [1.82, 2.24) is 26.3 Å². The molecule has 2 heterocycles. The van der Waals surface area contributed by atoms with Crippen LogP contribution in [0.25, 0.3) is 10.9 Å². The quantitative estimate of drug-likeness (QED) is 0.252. The Labute approximate surface area is 235 Å². The van der Waals surface area contributed by atoms with Crippen LogP contribution in [0.2, 0.25) is 0 Å². The third kappa shape index (κ3) is 7.41. The molecule has 1 aromatic carbocycles. The number of H-pyrrole nitrogens is 1. The molecule has 0 unspecified atom stereocenters. The topological polar surface area (TPSA) is 152 Å². The lowest BCUT2D eigenvalue weighted by Crippen LogP contribution is -2.60. The number of carboxylic acid groups (broad SMARTS) is 1. The highest BCUT2D eigenvalue weighted by molar-refractivity contribution is 5.95. The Kier molecular flexibility index (Phi) is 10.2. The van der Waals surface area contributed by atoms with Gasteiger partial charge in [0, 0.05) is 23.5 Å². The second-order valence-electron chi connectivity index (χ2n) is 11.6. The Hall–Kier alpha value is -3.40. The second kappa shape index (κ2) is 13.8. The zero-order valence-electron chi connectivity index (χ0n) is 23.5. The summed E-state index contributed by atoms with van der Waals surface area (Å²) in [5.41, 5.74) is 1.81. The highest BCUT2D eigenvalue weighted by Crippen LogP contribution is 2.27. The third-order valence-corrected chi connectivity index (χ3v) is 8.29. The van der Waals surface area contributed by atoms with Crippen LogP contribution in [0.5, 0.6) is 0 Å². The molecule has 10 nitrogen and oxygen atoms in total. The van der Waals surface area contributed by atoms with E-state index in [0.29, 0.717) is 6.42 Å². The predicted octanol–water partition coefficient (Wildman–Crippen LogP) is 2.63. The molecule has 1 saturated carbocycles. The number of fused-ring (bicyclic) bond motifs is 1. The number of rotatable bonds is 11. The highest BCUT2D eigenvalue weighted by Gasteiger charge is 2.35. The van der Waals surface area contributed by atoms with Gasteiger partial charge in [-0.15, -0.1) is 0 Å². The minimum Gasteiger partial charge on any atom is -0.480 e. The van der Waals surface area contributed by atoms with Gasteiger partial charge in [-0.2, -0.15) is 0 Å². The number of nitrogens with one attached hydrogen (secondary N) is 5. The van der Waals surface area contributed by atoms with Crippen LogP contribution in [0, 0.1) is 11.8 Å². The Balaban J connectivity index is 1.51. The van der Waals surface area contributed by atoms with E-state index in [4.69, 9.17) is 0 Å². The van der Waals surface area contributed by atoms with Gasteiger partial charge < -0.3 is 31.4 Å². The molecule has 0 bridgehead atoms. The molecule has 6 N–H and O–H groups in total. The molecule has 4 rings (SSSR count). The predicted molar refractivity (Wildman–Crippen MR) is 152 cm³/mol. The summed E-state index contributed by atoms with van der Waals surface area (Å²) in [6.07, 6.45) is 9.18. The maximum Gasteiger partial charge on any atom is 0.326 e. The summed E-state index contributed by atoms with van der Waals surface area (Å²) in [6.45, 7) is 4.36. The first-order valence-corrected chi connectivity index (χ1v) is 14.7. The van der Waals surface area contributed by atoms with Crippen LogP contribution in [0.1, 0.15) is 70.8 Å². The number of para-hydroxylation sites is 1. The fourth-order valence-electron chi connectivity index (χ4n) is 5.96. The van der Waals surface area contributed by atoms with Crippen molar-refractivity contribution in [3.05, 3.63) is 36.0 Å². The van der Waals surface area contributed by atoms with Gasteiger partial charge in [-0.25, -0.2) is 4.79 Å². The number of aromatic amines is 1. The summed E-state index contributed by atoms with van der Waals surface area (Å²) in [5, 5.41) is 22.5. The number of hydrogen-bond acceptors (Lipinski definition) is 5. The molecular weight excluding hydrogens is 510 g/mol. The van der Waals surface area contributed by atoms with Crippen molar-refractivity contribution < 1.29 is 24.3 Å². The Bertz CT molecular complexity index is 1180. The molecule has 1 aromatic heterocycles. The molecule has 2 aliphatic rings. The lowest BCUT2D eigenvalue weighted by Gasteiger charge is -2.31. The number of benzene rings is 1. The number of aromatic nitrogens is 1. The van der Waals surface area contributed by atoms with Crippen LogP contribution in [-0.4, -0.2) is 64.5 Å². The van der Waals surface area contributed by atoms with E-state index in [-0.39, 0.29) is 30.2 Å². The summed E-state index contributed by atoms with van der Waals surface area (Å²) in [4.78, 5) is 55.5. The van der Waals surface area contributed by atoms with Crippen LogP contribution in [0.15, 0.2) is 30.5 Å². The minimum absolute atomic E-state index is 0.129. The average molecular weight is 554 g/mol. The van der Waals surface area contributed by atoms with Gasteiger partial charge >= 0.3 is 5.97 Å². The standard InChI is InChI=1S/C30H43N5O5/c1-18(2)25(29(38)35-26(30(39)40)19-10-4-3-5-11-19)34-28(37)24(33-27(36)23-14-8-9-15-31-23)16-20-17-32-22-13-7-6-12-21(20)22/h6-7,12-13,17-19,23-26,31-32H,3-5,8-11,14-16H2,1-2H3,(H,33,36)(H,34,37)(H,35,38)(H,39,40)/t23-,24-,25-,26-/m0/s1. The van der Waals surface area contributed by atoms with E-state index < -0.39 is 35.9 Å². The zero-order valence-corrected chi connectivity index (χ0v) is 23.5. The van der Waals surface area contributed by atoms with Crippen molar-refractivity contribution >= 4 is 34.6 Å². The van der Waals surface area contributed by atoms with E-state index in [9.17, 15) is 24.3 Å². The number of hydrogen-bond donors (Lipinski definition) is 6. The molecule has 0 spiro atoms. The van der Waals surface area contributed by atoms with E-state index in [2.05, 4.69) is 26.3 Å². The first kappa shape index (κ1) is 29.6. The van der Waals surface area contributed by atoms with E-state index in [1.807, 2.05) is 30.5 Å². The van der Waals surface area contributed by atoms with Crippen LogP contribution < -0.4 is 21.3 Å². The molecule has 2 fully saturated rings.